The summed E-state index contributed by atoms with van der Waals surface area (Å²) < 4.78 is 39.4. The third kappa shape index (κ3) is 4.93. The molecule has 0 atom stereocenters. The van der Waals surface area contributed by atoms with Gasteiger partial charge in [-0.2, -0.15) is 18.3 Å². The van der Waals surface area contributed by atoms with Crippen molar-refractivity contribution in [3.63, 3.8) is 0 Å². The van der Waals surface area contributed by atoms with Crippen LogP contribution >= 0.6 is 0 Å². The molecule has 0 aliphatic rings. The van der Waals surface area contributed by atoms with Gasteiger partial charge in [0.15, 0.2) is 0 Å². The quantitative estimate of drug-likeness (QED) is 0.487. The lowest BCUT2D eigenvalue weighted by molar-refractivity contribution is -0.137. The van der Waals surface area contributed by atoms with Gasteiger partial charge in [0.25, 0.3) is 5.56 Å². The molecule has 0 spiro atoms. The largest absolute Gasteiger partial charge is 0.416 e. The molecule has 32 heavy (non-hydrogen) atoms. The first kappa shape index (κ1) is 21.5. The molecule has 0 fully saturated rings. The number of hydrogen-bond donors (Lipinski definition) is 1. The number of nitrogens with one attached hydrogen (secondary N) is 1. The zero-order chi connectivity index (χ0) is 22.7. The van der Waals surface area contributed by atoms with E-state index in [2.05, 4.69) is 20.4 Å². The SMILES string of the molecule is Cc1nc(Cn2ncc3ccccc3c2=O)cc(NCCc2ccc(C(F)(F)F)cc2)n1. The molecule has 2 heterocycles. The van der Waals surface area contributed by atoms with Crippen LogP contribution in [-0.4, -0.2) is 26.3 Å². The van der Waals surface area contributed by atoms with Gasteiger partial charge in [-0.1, -0.05) is 30.3 Å². The fourth-order valence-corrected chi connectivity index (χ4v) is 3.39. The molecule has 0 saturated heterocycles. The molecule has 0 saturated carbocycles. The van der Waals surface area contributed by atoms with E-state index in [0.717, 1.165) is 23.1 Å². The molecule has 2 aromatic carbocycles. The minimum atomic E-state index is -4.34. The van der Waals surface area contributed by atoms with Crippen LogP contribution in [0.3, 0.4) is 0 Å². The van der Waals surface area contributed by atoms with Crippen molar-refractivity contribution in [3.8, 4) is 0 Å². The van der Waals surface area contributed by atoms with Crippen molar-refractivity contribution in [1.29, 1.82) is 0 Å². The molecule has 164 valence electrons. The standard InChI is InChI=1S/C23H20F3N5O/c1-15-29-19(14-31-22(32)20-5-3-2-4-17(20)13-28-31)12-21(30-15)27-11-10-16-6-8-18(9-7-16)23(24,25)26/h2-9,12-13H,10-11,14H2,1H3,(H,27,29,30). The predicted molar refractivity (Wildman–Crippen MR) is 116 cm³/mol. The maximum atomic E-state index is 12.7. The molecule has 4 aromatic rings. The number of benzene rings is 2. The van der Waals surface area contributed by atoms with Crippen LogP contribution in [0.25, 0.3) is 10.8 Å². The van der Waals surface area contributed by atoms with Gasteiger partial charge in [0.2, 0.25) is 0 Å². The van der Waals surface area contributed by atoms with E-state index in [1.165, 1.54) is 16.8 Å². The number of anilines is 1. The molecule has 0 aliphatic heterocycles. The van der Waals surface area contributed by atoms with Gasteiger partial charge < -0.3 is 5.32 Å². The van der Waals surface area contributed by atoms with Crippen LogP contribution in [-0.2, 0) is 19.1 Å². The van der Waals surface area contributed by atoms with Gasteiger partial charge in [-0.25, -0.2) is 14.6 Å². The highest BCUT2D eigenvalue weighted by Crippen LogP contribution is 2.29. The van der Waals surface area contributed by atoms with E-state index < -0.39 is 11.7 Å². The van der Waals surface area contributed by atoms with Crippen LogP contribution in [0.2, 0.25) is 0 Å². The summed E-state index contributed by atoms with van der Waals surface area (Å²) in [6, 6.07) is 14.1. The Morgan fingerprint density at radius 2 is 1.78 bits per heavy atom. The summed E-state index contributed by atoms with van der Waals surface area (Å²) in [7, 11) is 0. The first-order valence-corrected chi connectivity index (χ1v) is 9.99. The Morgan fingerprint density at radius 1 is 1.03 bits per heavy atom. The average molecular weight is 439 g/mol. The summed E-state index contributed by atoms with van der Waals surface area (Å²) in [6.45, 7) is 2.43. The van der Waals surface area contributed by atoms with Crippen molar-refractivity contribution in [3.05, 3.63) is 93.8 Å². The van der Waals surface area contributed by atoms with Gasteiger partial charge in [-0.15, -0.1) is 0 Å². The van der Waals surface area contributed by atoms with Gasteiger partial charge in [0.1, 0.15) is 11.6 Å². The molecule has 0 bridgehead atoms. The number of aryl methyl sites for hydroxylation is 1. The lowest BCUT2D eigenvalue weighted by Crippen LogP contribution is -2.24. The van der Waals surface area contributed by atoms with Gasteiger partial charge in [-0.05, 0) is 37.1 Å². The minimum Gasteiger partial charge on any atom is -0.370 e. The summed E-state index contributed by atoms with van der Waals surface area (Å²) in [6.07, 6.45) is -2.16. The maximum Gasteiger partial charge on any atom is 0.416 e. The van der Waals surface area contributed by atoms with Gasteiger partial charge in [-0.3, -0.25) is 4.79 Å². The van der Waals surface area contributed by atoms with E-state index in [1.807, 2.05) is 18.2 Å². The number of aromatic nitrogens is 4. The highest BCUT2D eigenvalue weighted by atomic mass is 19.4. The van der Waals surface area contributed by atoms with E-state index in [4.69, 9.17) is 0 Å². The molecule has 6 nitrogen and oxygen atoms in total. The highest BCUT2D eigenvalue weighted by molar-refractivity contribution is 5.80. The number of hydrogen-bond acceptors (Lipinski definition) is 5. The first-order valence-electron chi connectivity index (χ1n) is 9.99. The molecule has 1 N–H and O–H groups in total. The molecule has 4 rings (SSSR count). The zero-order valence-electron chi connectivity index (χ0n) is 17.2. The van der Waals surface area contributed by atoms with Crippen LogP contribution in [0, 0.1) is 6.92 Å². The molecule has 0 radical (unpaired) electrons. The summed E-state index contributed by atoms with van der Waals surface area (Å²) >= 11 is 0. The third-order valence-electron chi connectivity index (χ3n) is 4.97. The molecule has 0 amide bonds. The topological polar surface area (TPSA) is 72.7 Å². The van der Waals surface area contributed by atoms with Crippen LogP contribution in [0.15, 0.2) is 65.6 Å². The molecule has 0 unspecified atom stereocenters. The third-order valence-corrected chi connectivity index (χ3v) is 4.97. The number of fused-ring (bicyclic) bond motifs is 1. The van der Waals surface area contributed by atoms with Crippen LogP contribution in [0.1, 0.15) is 22.6 Å². The number of halogens is 3. The number of alkyl halides is 3. The first-order chi connectivity index (χ1) is 15.3. The van der Waals surface area contributed by atoms with E-state index in [9.17, 15) is 18.0 Å². The minimum absolute atomic E-state index is 0.195. The molecule has 2 aromatic heterocycles. The van der Waals surface area contributed by atoms with E-state index in [-0.39, 0.29) is 12.1 Å². The van der Waals surface area contributed by atoms with E-state index in [0.29, 0.717) is 35.7 Å². The van der Waals surface area contributed by atoms with Crippen molar-refractivity contribution in [2.24, 2.45) is 0 Å². The molecule has 0 aliphatic carbocycles. The monoisotopic (exact) mass is 439 g/mol. The number of rotatable bonds is 6. The second-order valence-corrected chi connectivity index (χ2v) is 7.36. The fraction of sp³-hybridized carbons (Fsp3) is 0.217. The van der Waals surface area contributed by atoms with Crippen molar-refractivity contribution in [2.45, 2.75) is 26.1 Å². The molecular weight excluding hydrogens is 419 g/mol. The van der Waals surface area contributed by atoms with E-state index in [1.54, 1.807) is 25.3 Å². The maximum absolute atomic E-state index is 12.7. The normalized spacial score (nSPS) is 11.6. The summed E-state index contributed by atoms with van der Waals surface area (Å²) in [5.74, 6) is 1.11. The van der Waals surface area contributed by atoms with Crippen molar-refractivity contribution < 1.29 is 13.2 Å². The Labute approximate surface area is 181 Å². The van der Waals surface area contributed by atoms with Gasteiger partial charge in [0, 0.05) is 18.0 Å². The van der Waals surface area contributed by atoms with Crippen LogP contribution in [0.4, 0.5) is 19.0 Å². The smallest absolute Gasteiger partial charge is 0.370 e. The summed E-state index contributed by atoms with van der Waals surface area (Å²) in [5, 5.41) is 8.76. The van der Waals surface area contributed by atoms with Crippen molar-refractivity contribution >= 4 is 16.6 Å². The van der Waals surface area contributed by atoms with Gasteiger partial charge >= 0.3 is 6.18 Å². The Balaban J connectivity index is 1.44. The Hall–Kier alpha value is -3.75. The van der Waals surface area contributed by atoms with Gasteiger partial charge in [0.05, 0.1) is 29.4 Å². The van der Waals surface area contributed by atoms with Crippen LogP contribution < -0.4 is 10.9 Å². The van der Waals surface area contributed by atoms with E-state index >= 15 is 0 Å². The predicted octanol–water partition coefficient (Wildman–Crippen LogP) is 4.22. The molecular formula is C23H20F3N5O. The summed E-state index contributed by atoms with van der Waals surface area (Å²) in [4.78, 5) is 21.4. The van der Waals surface area contributed by atoms with Crippen LogP contribution in [0.5, 0.6) is 0 Å². The second kappa shape index (κ2) is 8.78. The summed E-state index contributed by atoms with van der Waals surface area (Å²) in [5.41, 5.74) is 0.543. The van der Waals surface area contributed by atoms with Crippen molar-refractivity contribution in [2.75, 3.05) is 11.9 Å². The highest BCUT2D eigenvalue weighted by Gasteiger charge is 2.29. The fourth-order valence-electron chi connectivity index (χ4n) is 3.39. The zero-order valence-corrected chi connectivity index (χ0v) is 17.2. The lowest BCUT2D eigenvalue weighted by Gasteiger charge is -2.11. The average Bonchev–Trinajstić information content (AvgIpc) is 2.75. The Kier molecular flexibility index (Phi) is 5.89. The second-order valence-electron chi connectivity index (χ2n) is 7.36. The number of nitrogens with zero attached hydrogens (tertiary/aromatic N) is 4. The van der Waals surface area contributed by atoms with Crippen molar-refractivity contribution in [1.82, 2.24) is 19.7 Å². The lowest BCUT2D eigenvalue weighted by atomic mass is 10.1. The Bertz CT molecular complexity index is 1300. The Morgan fingerprint density at radius 3 is 2.53 bits per heavy atom. The molecule has 9 heteroatoms.